The Morgan fingerprint density at radius 2 is 2.00 bits per heavy atom. The van der Waals surface area contributed by atoms with Gasteiger partial charge in [-0.1, -0.05) is 20.8 Å². The maximum absolute atomic E-state index is 12.0. The van der Waals surface area contributed by atoms with E-state index in [0.29, 0.717) is 5.91 Å². The third-order valence-corrected chi connectivity index (χ3v) is 3.64. The summed E-state index contributed by atoms with van der Waals surface area (Å²) in [5.41, 5.74) is 0. The molecular weight excluding hydrogens is 200 g/mol. The second-order valence-corrected chi connectivity index (χ2v) is 4.89. The van der Waals surface area contributed by atoms with E-state index >= 15 is 0 Å². The lowest BCUT2D eigenvalue weighted by Crippen LogP contribution is -2.42. The van der Waals surface area contributed by atoms with E-state index in [9.17, 15) is 4.79 Å². The van der Waals surface area contributed by atoms with Crippen LogP contribution in [0.15, 0.2) is 0 Å². The first-order valence-corrected chi connectivity index (χ1v) is 6.68. The fourth-order valence-electron chi connectivity index (χ4n) is 2.19. The van der Waals surface area contributed by atoms with Gasteiger partial charge in [-0.25, -0.2) is 0 Å². The van der Waals surface area contributed by atoms with Crippen molar-refractivity contribution in [2.24, 2.45) is 11.8 Å². The standard InChI is InChI=1S/C13H26N2O/c1-4-11(3)13(16)15-8-6-12(7-9-15)10-14-5-2/h11-12,14H,4-10H2,1-3H3. The van der Waals surface area contributed by atoms with E-state index in [-0.39, 0.29) is 5.92 Å². The maximum Gasteiger partial charge on any atom is 0.225 e. The Balaban J connectivity index is 2.28. The second kappa shape index (κ2) is 6.89. The zero-order valence-corrected chi connectivity index (χ0v) is 11.0. The molecule has 0 aromatic rings. The van der Waals surface area contributed by atoms with Crippen LogP contribution in [0.2, 0.25) is 0 Å². The fourth-order valence-corrected chi connectivity index (χ4v) is 2.19. The summed E-state index contributed by atoms with van der Waals surface area (Å²) in [6.45, 7) is 10.3. The van der Waals surface area contributed by atoms with E-state index < -0.39 is 0 Å². The lowest BCUT2D eigenvalue weighted by atomic mass is 9.95. The zero-order valence-electron chi connectivity index (χ0n) is 11.0. The van der Waals surface area contributed by atoms with E-state index in [0.717, 1.165) is 51.4 Å². The molecule has 1 atom stereocenters. The molecule has 0 bridgehead atoms. The third-order valence-electron chi connectivity index (χ3n) is 3.64. The SMILES string of the molecule is CCNCC1CCN(C(=O)C(C)CC)CC1. The van der Waals surface area contributed by atoms with Gasteiger partial charge in [-0.05, 0) is 38.3 Å². The minimum Gasteiger partial charge on any atom is -0.342 e. The third kappa shape index (κ3) is 3.78. The molecule has 3 heteroatoms. The molecule has 0 saturated carbocycles. The Morgan fingerprint density at radius 3 is 2.50 bits per heavy atom. The minimum absolute atomic E-state index is 0.199. The number of rotatable bonds is 5. The summed E-state index contributed by atoms with van der Waals surface area (Å²) in [5, 5.41) is 3.39. The van der Waals surface area contributed by atoms with Crippen molar-refractivity contribution in [3.8, 4) is 0 Å². The van der Waals surface area contributed by atoms with Crippen LogP contribution < -0.4 is 5.32 Å². The fraction of sp³-hybridized carbons (Fsp3) is 0.923. The quantitative estimate of drug-likeness (QED) is 0.776. The van der Waals surface area contributed by atoms with Crippen molar-refractivity contribution in [3.63, 3.8) is 0 Å². The van der Waals surface area contributed by atoms with E-state index in [1.165, 1.54) is 0 Å². The molecular formula is C13H26N2O. The van der Waals surface area contributed by atoms with E-state index in [4.69, 9.17) is 0 Å². The monoisotopic (exact) mass is 226 g/mol. The summed E-state index contributed by atoms with van der Waals surface area (Å²) < 4.78 is 0. The number of likely N-dealkylation sites (tertiary alicyclic amines) is 1. The van der Waals surface area contributed by atoms with Gasteiger partial charge in [0.25, 0.3) is 0 Å². The number of carbonyl (C=O) groups is 1. The molecule has 3 nitrogen and oxygen atoms in total. The van der Waals surface area contributed by atoms with Crippen LogP contribution in [0.5, 0.6) is 0 Å². The van der Waals surface area contributed by atoms with Gasteiger partial charge in [-0.2, -0.15) is 0 Å². The Kier molecular flexibility index (Phi) is 5.81. The lowest BCUT2D eigenvalue weighted by molar-refractivity contribution is -0.136. The van der Waals surface area contributed by atoms with Crippen molar-refractivity contribution < 1.29 is 4.79 Å². The molecule has 1 heterocycles. The Labute approximate surface area is 99.6 Å². The van der Waals surface area contributed by atoms with E-state index in [2.05, 4.69) is 24.1 Å². The van der Waals surface area contributed by atoms with Gasteiger partial charge in [0.2, 0.25) is 5.91 Å². The van der Waals surface area contributed by atoms with Crippen LogP contribution in [-0.2, 0) is 4.79 Å². The lowest BCUT2D eigenvalue weighted by Gasteiger charge is -2.33. The minimum atomic E-state index is 0.199. The molecule has 1 fully saturated rings. The average Bonchev–Trinajstić information content (AvgIpc) is 2.35. The summed E-state index contributed by atoms with van der Waals surface area (Å²) in [7, 11) is 0. The first-order valence-electron chi connectivity index (χ1n) is 6.68. The van der Waals surface area contributed by atoms with Gasteiger partial charge in [0.15, 0.2) is 0 Å². The predicted molar refractivity (Wildman–Crippen MR) is 67.3 cm³/mol. The van der Waals surface area contributed by atoms with Crippen LogP contribution in [0, 0.1) is 11.8 Å². The highest BCUT2D eigenvalue weighted by Crippen LogP contribution is 2.18. The number of piperidine rings is 1. The van der Waals surface area contributed by atoms with Crippen molar-refractivity contribution in [2.45, 2.75) is 40.0 Å². The summed E-state index contributed by atoms with van der Waals surface area (Å²) in [5.74, 6) is 1.32. The highest BCUT2D eigenvalue weighted by atomic mass is 16.2. The van der Waals surface area contributed by atoms with Crippen LogP contribution in [0.25, 0.3) is 0 Å². The second-order valence-electron chi connectivity index (χ2n) is 4.89. The average molecular weight is 226 g/mol. The van der Waals surface area contributed by atoms with Crippen molar-refractivity contribution >= 4 is 5.91 Å². The van der Waals surface area contributed by atoms with Crippen LogP contribution in [0.3, 0.4) is 0 Å². The highest BCUT2D eigenvalue weighted by Gasteiger charge is 2.24. The predicted octanol–water partition coefficient (Wildman–Crippen LogP) is 1.88. The van der Waals surface area contributed by atoms with Crippen LogP contribution >= 0.6 is 0 Å². The molecule has 1 saturated heterocycles. The Hall–Kier alpha value is -0.570. The van der Waals surface area contributed by atoms with Gasteiger partial charge in [0.1, 0.15) is 0 Å². The topological polar surface area (TPSA) is 32.3 Å². The molecule has 0 aliphatic carbocycles. The van der Waals surface area contributed by atoms with E-state index in [1.807, 2.05) is 6.92 Å². The molecule has 1 N–H and O–H groups in total. The van der Waals surface area contributed by atoms with E-state index in [1.54, 1.807) is 0 Å². The van der Waals surface area contributed by atoms with Crippen molar-refractivity contribution in [1.82, 2.24) is 10.2 Å². The molecule has 0 radical (unpaired) electrons. The van der Waals surface area contributed by atoms with Gasteiger partial charge >= 0.3 is 0 Å². The van der Waals surface area contributed by atoms with Gasteiger partial charge in [-0.15, -0.1) is 0 Å². The number of nitrogens with one attached hydrogen (secondary N) is 1. The van der Waals surface area contributed by atoms with Crippen molar-refractivity contribution in [3.05, 3.63) is 0 Å². The summed E-state index contributed by atoms with van der Waals surface area (Å²) in [4.78, 5) is 14.0. The van der Waals surface area contributed by atoms with Crippen LogP contribution in [-0.4, -0.2) is 37.0 Å². The molecule has 16 heavy (non-hydrogen) atoms. The molecule has 0 spiro atoms. The molecule has 1 amide bonds. The molecule has 0 aromatic heterocycles. The smallest absolute Gasteiger partial charge is 0.225 e. The first-order chi connectivity index (χ1) is 7.69. The molecule has 1 unspecified atom stereocenters. The van der Waals surface area contributed by atoms with Gasteiger partial charge in [0.05, 0.1) is 0 Å². The molecule has 1 aliphatic heterocycles. The zero-order chi connectivity index (χ0) is 12.0. The Morgan fingerprint density at radius 1 is 1.38 bits per heavy atom. The number of hydrogen-bond acceptors (Lipinski definition) is 2. The molecule has 1 aliphatic rings. The van der Waals surface area contributed by atoms with Crippen molar-refractivity contribution in [1.29, 1.82) is 0 Å². The molecule has 0 aromatic carbocycles. The first kappa shape index (κ1) is 13.5. The largest absolute Gasteiger partial charge is 0.342 e. The number of carbonyl (C=O) groups excluding carboxylic acids is 1. The highest BCUT2D eigenvalue weighted by molar-refractivity contribution is 5.78. The Bertz CT molecular complexity index is 210. The van der Waals surface area contributed by atoms with Gasteiger partial charge in [0, 0.05) is 19.0 Å². The summed E-state index contributed by atoms with van der Waals surface area (Å²) in [6, 6.07) is 0. The van der Waals surface area contributed by atoms with Crippen molar-refractivity contribution in [2.75, 3.05) is 26.2 Å². The number of amides is 1. The summed E-state index contributed by atoms with van der Waals surface area (Å²) >= 11 is 0. The van der Waals surface area contributed by atoms with Gasteiger partial charge < -0.3 is 10.2 Å². The number of nitrogens with zero attached hydrogens (tertiary/aromatic N) is 1. The number of hydrogen-bond donors (Lipinski definition) is 1. The summed E-state index contributed by atoms with van der Waals surface area (Å²) in [6.07, 6.45) is 3.28. The molecule has 94 valence electrons. The van der Waals surface area contributed by atoms with Crippen LogP contribution in [0.1, 0.15) is 40.0 Å². The molecule has 1 rings (SSSR count). The van der Waals surface area contributed by atoms with Gasteiger partial charge in [-0.3, -0.25) is 4.79 Å². The van der Waals surface area contributed by atoms with Crippen LogP contribution in [0.4, 0.5) is 0 Å². The maximum atomic E-state index is 12.0. The normalized spacial score (nSPS) is 19.8.